The number of hydrogen-bond acceptors (Lipinski definition) is 6. The van der Waals surface area contributed by atoms with Gasteiger partial charge in [-0.05, 0) is 55.6 Å². The Morgan fingerprint density at radius 1 is 1.02 bits per heavy atom. The highest BCUT2D eigenvalue weighted by Crippen LogP contribution is 2.21. The van der Waals surface area contributed by atoms with E-state index in [4.69, 9.17) is 11.6 Å². The summed E-state index contributed by atoms with van der Waals surface area (Å²) in [5.41, 5.74) is 1.90. The Labute approximate surface area is 239 Å². The molecule has 9 nitrogen and oxygen atoms in total. The van der Waals surface area contributed by atoms with Gasteiger partial charge in [0.25, 0.3) is 5.56 Å². The lowest BCUT2D eigenvalue weighted by molar-refractivity contribution is -0.121. The monoisotopic (exact) mass is 563 g/mol. The molecule has 0 spiro atoms. The number of carbonyl (C=O) groups is 1. The Hall–Kier alpha value is -3.43. The van der Waals surface area contributed by atoms with Crippen LogP contribution in [0.25, 0.3) is 16.7 Å². The van der Waals surface area contributed by atoms with Gasteiger partial charge in [-0.15, -0.1) is 10.2 Å². The lowest BCUT2D eigenvalue weighted by Gasteiger charge is -2.36. The van der Waals surface area contributed by atoms with E-state index in [2.05, 4.69) is 45.2 Å². The average molecular weight is 564 g/mol. The van der Waals surface area contributed by atoms with Crippen LogP contribution in [0.1, 0.15) is 38.9 Å². The maximum Gasteiger partial charge on any atom is 0.262 e. The molecule has 212 valence electrons. The molecular weight excluding hydrogens is 526 g/mol. The number of nitrogens with one attached hydrogen (secondary N) is 1. The van der Waals surface area contributed by atoms with Gasteiger partial charge in [-0.3, -0.25) is 23.5 Å². The number of rotatable bonds is 11. The maximum atomic E-state index is 13.2. The first-order valence-electron chi connectivity index (χ1n) is 14.3. The van der Waals surface area contributed by atoms with Crippen LogP contribution in [0.2, 0.25) is 5.02 Å². The van der Waals surface area contributed by atoms with Crippen molar-refractivity contribution in [2.24, 2.45) is 5.92 Å². The van der Waals surface area contributed by atoms with Gasteiger partial charge in [0, 0.05) is 62.8 Å². The molecule has 0 saturated carbocycles. The Balaban J connectivity index is 1.12. The van der Waals surface area contributed by atoms with Crippen molar-refractivity contribution < 1.29 is 4.79 Å². The summed E-state index contributed by atoms with van der Waals surface area (Å²) >= 11 is 6.14. The molecule has 3 heterocycles. The van der Waals surface area contributed by atoms with Crippen molar-refractivity contribution in [3.05, 3.63) is 69.7 Å². The molecule has 1 amide bonds. The van der Waals surface area contributed by atoms with Crippen LogP contribution in [-0.4, -0.2) is 69.2 Å². The quantitative estimate of drug-likeness (QED) is 0.278. The number of nitrogens with zero attached hydrogens (tertiary/aromatic N) is 6. The molecule has 1 fully saturated rings. The first kappa shape index (κ1) is 28.1. The van der Waals surface area contributed by atoms with Crippen molar-refractivity contribution >= 4 is 39.9 Å². The molecular formula is C30H38ClN7O2. The summed E-state index contributed by atoms with van der Waals surface area (Å²) in [6.07, 6.45) is 2.54. The third-order valence-electron chi connectivity index (χ3n) is 7.60. The average Bonchev–Trinajstić information content (AvgIpc) is 3.38. The minimum atomic E-state index is -0.0497. The number of aryl methyl sites for hydroxylation is 2. The topological polar surface area (TPSA) is 87.8 Å². The van der Waals surface area contributed by atoms with Crippen LogP contribution in [0.3, 0.4) is 0 Å². The van der Waals surface area contributed by atoms with Crippen LogP contribution >= 0.6 is 11.6 Å². The van der Waals surface area contributed by atoms with Gasteiger partial charge in [0.1, 0.15) is 5.82 Å². The molecule has 40 heavy (non-hydrogen) atoms. The van der Waals surface area contributed by atoms with Gasteiger partial charge in [0.2, 0.25) is 11.7 Å². The summed E-state index contributed by atoms with van der Waals surface area (Å²) in [6, 6.07) is 15.6. The van der Waals surface area contributed by atoms with Crippen molar-refractivity contribution in [3.8, 4) is 0 Å². The lowest BCUT2D eigenvalue weighted by atomic mass is 10.1. The van der Waals surface area contributed by atoms with Gasteiger partial charge in [0.05, 0.1) is 10.9 Å². The summed E-state index contributed by atoms with van der Waals surface area (Å²) < 4.78 is 3.65. The predicted octanol–water partition coefficient (Wildman–Crippen LogP) is 4.00. The number of anilines is 1. The Kier molecular flexibility index (Phi) is 9.01. The zero-order valence-electron chi connectivity index (χ0n) is 23.4. The number of piperazine rings is 1. The molecule has 2 aromatic heterocycles. The van der Waals surface area contributed by atoms with E-state index in [0.29, 0.717) is 48.8 Å². The smallest absolute Gasteiger partial charge is 0.262 e. The molecule has 5 rings (SSSR count). The van der Waals surface area contributed by atoms with Gasteiger partial charge in [-0.2, -0.15) is 0 Å². The molecule has 1 N–H and O–H groups in total. The number of carbonyl (C=O) groups excluding carboxylic acids is 1. The van der Waals surface area contributed by atoms with Crippen molar-refractivity contribution in [3.63, 3.8) is 0 Å². The molecule has 10 heteroatoms. The lowest BCUT2D eigenvalue weighted by Crippen LogP contribution is -2.47. The second kappa shape index (κ2) is 12.8. The third-order valence-corrected chi connectivity index (χ3v) is 7.83. The predicted molar refractivity (Wildman–Crippen MR) is 160 cm³/mol. The minimum absolute atomic E-state index is 0.0000366. The summed E-state index contributed by atoms with van der Waals surface area (Å²) in [7, 11) is 0. The van der Waals surface area contributed by atoms with Gasteiger partial charge in [-0.25, -0.2) is 0 Å². The molecule has 2 aromatic carbocycles. The zero-order chi connectivity index (χ0) is 28.1. The van der Waals surface area contributed by atoms with E-state index in [-0.39, 0.29) is 11.5 Å². The molecule has 0 unspecified atom stereocenters. The first-order chi connectivity index (χ1) is 19.4. The van der Waals surface area contributed by atoms with E-state index in [0.717, 1.165) is 56.1 Å². The molecule has 4 aromatic rings. The normalized spacial score (nSPS) is 14.4. The summed E-state index contributed by atoms with van der Waals surface area (Å²) in [5.74, 6) is 1.69. The standard InChI is InChI=1S/C30H38ClN7O2/c1-22(2)13-16-37-29(40)25-9-3-4-10-26(25)38-27(33-34-30(37)38)11-12-28(39)32-14-6-15-35-17-19-36(20-18-35)24-8-5-7-23(31)21-24/h3-5,7-10,21-22H,6,11-20H2,1-2H3,(H,32,39). The number of halogens is 1. The fraction of sp³-hybridized carbons (Fsp3) is 0.467. The van der Waals surface area contributed by atoms with Crippen molar-refractivity contribution in [1.29, 1.82) is 0 Å². The van der Waals surface area contributed by atoms with E-state index >= 15 is 0 Å². The minimum Gasteiger partial charge on any atom is -0.369 e. The van der Waals surface area contributed by atoms with Gasteiger partial charge >= 0.3 is 0 Å². The largest absolute Gasteiger partial charge is 0.369 e. The number of para-hydroxylation sites is 1. The molecule has 1 saturated heterocycles. The maximum absolute atomic E-state index is 13.2. The number of amides is 1. The molecule has 0 bridgehead atoms. The number of hydrogen-bond donors (Lipinski definition) is 1. The highest BCUT2D eigenvalue weighted by Gasteiger charge is 2.19. The molecule has 0 radical (unpaired) electrons. The highest BCUT2D eigenvalue weighted by atomic mass is 35.5. The second-order valence-electron chi connectivity index (χ2n) is 10.9. The Morgan fingerprint density at radius 3 is 2.60 bits per heavy atom. The van der Waals surface area contributed by atoms with Gasteiger partial charge in [-0.1, -0.05) is 43.6 Å². The van der Waals surface area contributed by atoms with Crippen molar-refractivity contribution in [2.75, 3.05) is 44.2 Å². The van der Waals surface area contributed by atoms with E-state index in [1.807, 2.05) is 46.9 Å². The highest BCUT2D eigenvalue weighted by molar-refractivity contribution is 6.30. The number of aromatic nitrogens is 4. The fourth-order valence-corrected chi connectivity index (χ4v) is 5.50. The first-order valence-corrected chi connectivity index (χ1v) is 14.6. The molecule has 1 aliphatic heterocycles. The van der Waals surface area contributed by atoms with Crippen LogP contribution in [0.5, 0.6) is 0 Å². The second-order valence-corrected chi connectivity index (χ2v) is 11.4. The Morgan fingerprint density at radius 2 is 1.82 bits per heavy atom. The van der Waals surface area contributed by atoms with Crippen LogP contribution in [0.4, 0.5) is 5.69 Å². The van der Waals surface area contributed by atoms with Crippen LogP contribution in [0, 0.1) is 5.92 Å². The zero-order valence-corrected chi connectivity index (χ0v) is 24.1. The Bertz CT molecular complexity index is 1520. The summed E-state index contributed by atoms with van der Waals surface area (Å²) in [6.45, 7) is 10.4. The van der Waals surface area contributed by atoms with E-state index in [1.54, 1.807) is 4.57 Å². The van der Waals surface area contributed by atoms with E-state index in [1.165, 1.54) is 5.69 Å². The SMILES string of the molecule is CC(C)CCn1c(=O)c2ccccc2n2c(CCC(=O)NCCCN3CCN(c4cccc(Cl)c4)CC3)nnc12. The fourth-order valence-electron chi connectivity index (χ4n) is 5.31. The molecule has 0 aliphatic carbocycles. The van der Waals surface area contributed by atoms with E-state index in [9.17, 15) is 9.59 Å². The van der Waals surface area contributed by atoms with Gasteiger partial charge < -0.3 is 10.2 Å². The summed E-state index contributed by atoms with van der Waals surface area (Å²) in [5, 5.41) is 13.2. The van der Waals surface area contributed by atoms with Crippen LogP contribution in [-0.2, 0) is 17.8 Å². The summed E-state index contributed by atoms with van der Waals surface area (Å²) in [4.78, 5) is 30.7. The third kappa shape index (κ3) is 6.47. The van der Waals surface area contributed by atoms with Crippen molar-refractivity contribution in [1.82, 2.24) is 29.4 Å². The molecule has 0 atom stereocenters. The van der Waals surface area contributed by atoms with E-state index < -0.39 is 0 Å². The van der Waals surface area contributed by atoms with Crippen LogP contribution in [0.15, 0.2) is 53.3 Å². The van der Waals surface area contributed by atoms with Crippen LogP contribution < -0.4 is 15.8 Å². The molecule has 1 aliphatic rings. The van der Waals surface area contributed by atoms with Gasteiger partial charge in [0.15, 0.2) is 0 Å². The number of benzene rings is 2. The number of fused-ring (bicyclic) bond motifs is 3. The van der Waals surface area contributed by atoms with Crippen molar-refractivity contribution in [2.45, 2.75) is 46.1 Å².